The van der Waals surface area contributed by atoms with Crippen LogP contribution in [0.4, 0.5) is 10.7 Å². The van der Waals surface area contributed by atoms with Crippen molar-refractivity contribution in [3.8, 4) is 0 Å². The first kappa shape index (κ1) is 16.7. The molecule has 122 valence electrons. The van der Waals surface area contributed by atoms with Crippen LogP contribution in [-0.2, 0) is 6.42 Å². The number of hydrogen-bond acceptors (Lipinski definition) is 5. The molecule has 1 aromatic heterocycles. The van der Waals surface area contributed by atoms with Crippen molar-refractivity contribution in [1.29, 1.82) is 0 Å². The van der Waals surface area contributed by atoms with Crippen LogP contribution < -0.4 is 16.2 Å². The zero-order chi connectivity index (χ0) is 16.5. The first-order valence-electron chi connectivity index (χ1n) is 7.42. The molecule has 2 amide bonds. The lowest BCUT2D eigenvalue weighted by Crippen LogP contribution is -2.46. The molecule has 23 heavy (non-hydrogen) atoms. The summed E-state index contributed by atoms with van der Waals surface area (Å²) in [5.41, 5.74) is 6.40. The molecule has 3 N–H and O–H groups in total. The lowest BCUT2D eigenvalue weighted by Gasteiger charge is -2.24. The summed E-state index contributed by atoms with van der Waals surface area (Å²) in [4.78, 5) is 21.8. The Labute approximate surface area is 136 Å². The summed E-state index contributed by atoms with van der Waals surface area (Å²) in [5.74, 6) is 0.344. The van der Waals surface area contributed by atoms with Crippen molar-refractivity contribution in [2.24, 2.45) is 0 Å². The second-order valence-corrected chi connectivity index (χ2v) is 5.34. The summed E-state index contributed by atoms with van der Waals surface area (Å²) in [5, 5.41) is 2.84. The summed E-state index contributed by atoms with van der Waals surface area (Å²) in [6, 6.07) is 11.8. The maximum Gasteiger partial charge on any atom is 0.333 e. The highest BCUT2D eigenvalue weighted by Crippen LogP contribution is 2.06. The lowest BCUT2D eigenvalue weighted by molar-refractivity contribution is 0.233. The first-order valence-corrected chi connectivity index (χ1v) is 7.42. The van der Waals surface area contributed by atoms with Gasteiger partial charge < -0.3 is 10.2 Å². The molecule has 0 fully saturated rings. The minimum Gasteiger partial charge on any atom is -0.335 e. The molecule has 1 aromatic carbocycles. The van der Waals surface area contributed by atoms with E-state index in [-0.39, 0.29) is 12.1 Å². The van der Waals surface area contributed by atoms with Gasteiger partial charge in [-0.2, -0.15) is 0 Å². The normalized spacial score (nSPS) is 11.8. The molecule has 7 heteroatoms. The monoisotopic (exact) mass is 314 g/mol. The maximum absolute atomic E-state index is 11.8. The molecule has 0 spiro atoms. The zero-order valence-electron chi connectivity index (χ0n) is 13.4. The van der Waals surface area contributed by atoms with Crippen LogP contribution >= 0.6 is 0 Å². The zero-order valence-corrected chi connectivity index (χ0v) is 13.4. The number of carbonyl (C=O) groups excluding carboxylic acids is 1. The lowest BCUT2D eigenvalue weighted by atomic mass is 10.1. The van der Waals surface area contributed by atoms with Crippen LogP contribution in [0.2, 0.25) is 0 Å². The van der Waals surface area contributed by atoms with Gasteiger partial charge in [0, 0.05) is 25.0 Å². The number of hydrogen-bond donors (Lipinski definition) is 3. The summed E-state index contributed by atoms with van der Waals surface area (Å²) >= 11 is 0. The van der Waals surface area contributed by atoms with Gasteiger partial charge in [0.15, 0.2) is 0 Å². The average molecular weight is 314 g/mol. The van der Waals surface area contributed by atoms with E-state index in [2.05, 4.69) is 43.2 Å². The van der Waals surface area contributed by atoms with Crippen LogP contribution in [-0.4, -0.2) is 47.6 Å². The average Bonchev–Trinajstić information content (AvgIpc) is 2.58. The van der Waals surface area contributed by atoms with E-state index in [1.807, 2.05) is 32.3 Å². The summed E-state index contributed by atoms with van der Waals surface area (Å²) in [7, 11) is 4.01. The third-order valence-electron chi connectivity index (χ3n) is 3.40. The van der Waals surface area contributed by atoms with Crippen molar-refractivity contribution in [2.75, 3.05) is 26.1 Å². The van der Waals surface area contributed by atoms with Gasteiger partial charge in [0.1, 0.15) is 0 Å². The number of carbonyl (C=O) groups is 1. The first-order chi connectivity index (χ1) is 11.1. The second-order valence-electron chi connectivity index (χ2n) is 5.34. The fourth-order valence-corrected chi connectivity index (χ4v) is 2.05. The van der Waals surface area contributed by atoms with Crippen molar-refractivity contribution >= 4 is 12.0 Å². The van der Waals surface area contributed by atoms with Gasteiger partial charge in [0.05, 0.1) is 0 Å². The maximum atomic E-state index is 11.8. The summed E-state index contributed by atoms with van der Waals surface area (Å²) < 4.78 is 0. The minimum atomic E-state index is -0.322. The molecule has 1 unspecified atom stereocenters. The molecular formula is C16H22N6O. The molecule has 2 aromatic rings. The number of aromatic nitrogens is 2. The van der Waals surface area contributed by atoms with Crippen molar-refractivity contribution in [1.82, 2.24) is 25.6 Å². The standard InChI is InChI=1S/C16H22N6O/c1-22(2)14(11-13-7-4-3-5-8-13)12-19-16(23)21-20-15-17-9-6-10-18-15/h3-10,14H,11-12H2,1-2H3,(H,17,18,20)(H2,19,21,23). The fourth-order valence-electron chi connectivity index (χ4n) is 2.05. The quantitative estimate of drug-likeness (QED) is 0.671. The Morgan fingerprint density at radius 1 is 1.13 bits per heavy atom. The van der Waals surface area contributed by atoms with E-state index in [1.54, 1.807) is 18.5 Å². The Hall–Kier alpha value is -2.67. The van der Waals surface area contributed by atoms with Crippen LogP contribution in [0.1, 0.15) is 5.56 Å². The van der Waals surface area contributed by atoms with Crippen molar-refractivity contribution in [3.05, 3.63) is 54.4 Å². The molecule has 1 atom stereocenters. The van der Waals surface area contributed by atoms with Gasteiger partial charge in [0.2, 0.25) is 5.95 Å². The topological polar surface area (TPSA) is 82.2 Å². The summed E-state index contributed by atoms with van der Waals surface area (Å²) in [6.07, 6.45) is 4.05. The van der Waals surface area contributed by atoms with Gasteiger partial charge >= 0.3 is 6.03 Å². The van der Waals surface area contributed by atoms with E-state index >= 15 is 0 Å². The van der Waals surface area contributed by atoms with Crippen LogP contribution in [0.5, 0.6) is 0 Å². The number of benzene rings is 1. The van der Waals surface area contributed by atoms with E-state index in [9.17, 15) is 4.79 Å². The third-order valence-corrected chi connectivity index (χ3v) is 3.40. The molecule has 0 bridgehead atoms. The van der Waals surface area contributed by atoms with Crippen LogP contribution in [0, 0.1) is 0 Å². The smallest absolute Gasteiger partial charge is 0.333 e. The molecule has 0 aliphatic carbocycles. The SMILES string of the molecule is CN(C)C(CNC(=O)NNc1ncccn1)Cc1ccccc1. The van der Waals surface area contributed by atoms with Gasteiger partial charge in [-0.1, -0.05) is 30.3 Å². The third kappa shape index (κ3) is 5.91. The van der Waals surface area contributed by atoms with Crippen molar-refractivity contribution < 1.29 is 4.79 Å². The number of likely N-dealkylation sites (N-methyl/N-ethyl adjacent to an activating group) is 1. The van der Waals surface area contributed by atoms with Crippen molar-refractivity contribution in [2.45, 2.75) is 12.5 Å². The molecular weight excluding hydrogens is 292 g/mol. The van der Waals surface area contributed by atoms with Gasteiger partial charge in [-0.05, 0) is 32.1 Å². The molecule has 0 radical (unpaired) electrons. The Balaban J connectivity index is 1.78. The highest BCUT2D eigenvalue weighted by Gasteiger charge is 2.13. The molecule has 7 nitrogen and oxygen atoms in total. The number of anilines is 1. The van der Waals surface area contributed by atoms with Gasteiger partial charge in [-0.25, -0.2) is 20.2 Å². The van der Waals surface area contributed by atoms with Crippen LogP contribution in [0.3, 0.4) is 0 Å². The highest BCUT2D eigenvalue weighted by molar-refractivity contribution is 5.74. The highest BCUT2D eigenvalue weighted by atomic mass is 16.2. The Morgan fingerprint density at radius 2 is 1.83 bits per heavy atom. The predicted octanol–water partition coefficient (Wildman–Crippen LogP) is 1.28. The second kappa shape index (κ2) is 8.70. The largest absolute Gasteiger partial charge is 0.335 e. The van der Waals surface area contributed by atoms with E-state index in [0.717, 1.165) is 6.42 Å². The number of nitrogens with one attached hydrogen (secondary N) is 3. The van der Waals surface area contributed by atoms with Gasteiger partial charge in [-0.15, -0.1) is 0 Å². The van der Waals surface area contributed by atoms with E-state index in [0.29, 0.717) is 12.5 Å². The molecule has 0 saturated heterocycles. The number of hydrazine groups is 1. The Bertz CT molecular complexity index is 590. The Morgan fingerprint density at radius 3 is 2.48 bits per heavy atom. The molecule has 1 heterocycles. The number of rotatable bonds is 7. The van der Waals surface area contributed by atoms with Crippen LogP contribution in [0.15, 0.2) is 48.8 Å². The predicted molar refractivity (Wildman–Crippen MR) is 89.8 cm³/mol. The number of amides is 2. The number of nitrogens with zero attached hydrogens (tertiary/aromatic N) is 3. The van der Waals surface area contributed by atoms with Gasteiger partial charge in [0.25, 0.3) is 0 Å². The van der Waals surface area contributed by atoms with Gasteiger partial charge in [-0.3, -0.25) is 5.43 Å². The number of urea groups is 1. The minimum absolute atomic E-state index is 0.205. The van der Waals surface area contributed by atoms with Crippen molar-refractivity contribution in [3.63, 3.8) is 0 Å². The molecule has 0 aliphatic heterocycles. The molecule has 2 rings (SSSR count). The molecule has 0 saturated carbocycles. The van der Waals surface area contributed by atoms with E-state index in [4.69, 9.17) is 0 Å². The summed E-state index contributed by atoms with van der Waals surface area (Å²) in [6.45, 7) is 0.533. The van der Waals surface area contributed by atoms with E-state index < -0.39 is 0 Å². The fraction of sp³-hybridized carbons (Fsp3) is 0.312. The Kier molecular flexibility index (Phi) is 6.31. The van der Waals surface area contributed by atoms with Crippen LogP contribution in [0.25, 0.3) is 0 Å². The molecule has 0 aliphatic rings. The van der Waals surface area contributed by atoms with E-state index in [1.165, 1.54) is 5.56 Å².